The minimum absolute atomic E-state index is 0.326. The third-order valence-electron chi connectivity index (χ3n) is 1.53. The molecular weight excluding hydrogens is 207 g/mol. The van der Waals surface area contributed by atoms with Gasteiger partial charge in [0.25, 0.3) is 6.72 Å². The molecule has 0 aliphatic heterocycles. The van der Waals surface area contributed by atoms with Crippen LogP contribution < -0.4 is 0 Å². The minimum atomic E-state index is -3.58. The van der Waals surface area contributed by atoms with Crippen LogP contribution in [0.15, 0.2) is 30.3 Å². The van der Waals surface area contributed by atoms with Crippen molar-refractivity contribution in [2.45, 2.75) is 6.42 Å². The maximum Gasteiger partial charge on any atom is 0.274 e. The molecule has 13 heavy (non-hydrogen) atoms. The molecule has 0 atom stereocenters. The summed E-state index contributed by atoms with van der Waals surface area (Å²) in [4.78, 5) is 26.1. The standard InChI is InChI=1S/C8H13O3PS/c9-12(10,11)13-7-6-8-4-2-1-3-5-8/h1-5,9-11,13H,6-7H2. The summed E-state index contributed by atoms with van der Waals surface area (Å²) in [7, 11) is 0.326. The van der Waals surface area contributed by atoms with Crippen LogP contribution >= 0.6 is 6.72 Å². The Labute approximate surface area is 80.9 Å². The Morgan fingerprint density at radius 2 is 1.69 bits per heavy atom. The predicted molar refractivity (Wildman–Crippen MR) is 57.3 cm³/mol. The van der Waals surface area contributed by atoms with E-state index < -0.39 is 6.72 Å². The van der Waals surface area contributed by atoms with Crippen molar-refractivity contribution >= 4 is 17.7 Å². The highest BCUT2D eigenvalue weighted by atomic mass is 32.5. The summed E-state index contributed by atoms with van der Waals surface area (Å²) in [6.07, 6.45) is 0.756. The average molecular weight is 220 g/mol. The molecule has 0 fully saturated rings. The summed E-state index contributed by atoms with van der Waals surface area (Å²) in [5.74, 6) is 0.571. The van der Waals surface area contributed by atoms with Crippen molar-refractivity contribution in [3.63, 3.8) is 0 Å². The second-order valence-electron chi connectivity index (χ2n) is 2.64. The fourth-order valence-corrected chi connectivity index (χ4v) is 2.69. The summed E-state index contributed by atoms with van der Waals surface area (Å²) < 4.78 is 0. The van der Waals surface area contributed by atoms with Crippen LogP contribution in [0.3, 0.4) is 0 Å². The monoisotopic (exact) mass is 220 g/mol. The van der Waals surface area contributed by atoms with E-state index in [4.69, 9.17) is 14.7 Å². The Balaban J connectivity index is 2.46. The highest BCUT2D eigenvalue weighted by Crippen LogP contribution is 2.30. The zero-order valence-corrected chi connectivity index (χ0v) is 8.83. The second-order valence-corrected chi connectivity index (χ2v) is 6.90. The van der Waals surface area contributed by atoms with Crippen molar-refractivity contribution < 1.29 is 14.7 Å². The lowest BCUT2D eigenvalue weighted by Crippen LogP contribution is -1.91. The first kappa shape index (κ1) is 11.0. The smallest absolute Gasteiger partial charge is 0.274 e. The number of hydrogen-bond donors (Lipinski definition) is 4. The Morgan fingerprint density at radius 1 is 1.08 bits per heavy atom. The third kappa shape index (κ3) is 5.24. The van der Waals surface area contributed by atoms with Gasteiger partial charge in [0.05, 0.1) is 0 Å². The molecule has 1 aromatic rings. The van der Waals surface area contributed by atoms with E-state index in [9.17, 15) is 0 Å². The van der Waals surface area contributed by atoms with Crippen LogP contribution in [0.1, 0.15) is 5.56 Å². The Hall–Kier alpha value is -0.120. The molecule has 0 spiro atoms. The molecule has 1 aromatic carbocycles. The largest absolute Gasteiger partial charge is 0.329 e. The fraction of sp³-hybridized carbons (Fsp3) is 0.250. The molecule has 0 saturated carbocycles. The topological polar surface area (TPSA) is 60.7 Å². The lowest BCUT2D eigenvalue weighted by Gasteiger charge is -2.02. The van der Waals surface area contributed by atoms with Crippen LogP contribution in [-0.4, -0.2) is 20.4 Å². The van der Waals surface area contributed by atoms with E-state index >= 15 is 0 Å². The van der Waals surface area contributed by atoms with Crippen LogP contribution in [0.4, 0.5) is 0 Å². The van der Waals surface area contributed by atoms with Crippen LogP contribution in [0.2, 0.25) is 0 Å². The van der Waals surface area contributed by atoms with E-state index in [2.05, 4.69) is 0 Å². The lowest BCUT2D eigenvalue weighted by atomic mass is 10.2. The number of hydrogen-bond acceptors (Lipinski definition) is 0. The normalized spacial score (nSPS) is 11.6. The predicted octanol–water partition coefficient (Wildman–Crippen LogP) is 0.699. The molecule has 0 heterocycles. The summed E-state index contributed by atoms with van der Waals surface area (Å²) in [5.41, 5.74) is 1.14. The van der Waals surface area contributed by atoms with Gasteiger partial charge in [0.1, 0.15) is 0 Å². The Bertz CT molecular complexity index is 298. The van der Waals surface area contributed by atoms with Gasteiger partial charge in [-0.3, -0.25) is 0 Å². The maximum absolute atomic E-state index is 8.71. The Morgan fingerprint density at radius 3 is 2.23 bits per heavy atom. The summed E-state index contributed by atoms with van der Waals surface area (Å²) >= 11 is 0. The molecule has 3 nitrogen and oxygen atoms in total. The molecule has 1 rings (SSSR count). The van der Waals surface area contributed by atoms with Crippen molar-refractivity contribution in [2.24, 2.45) is 0 Å². The molecule has 0 aromatic heterocycles. The number of thiol groups is 1. The quantitative estimate of drug-likeness (QED) is 0.448. The first-order valence-corrected chi connectivity index (χ1v) is 7.31. The molecule has 0 bridgehead atoms. The molecule has 3 N–H and O–H groups in total. The first-order chi connectivity index (χ1) is 6.08. The van der Waals surface area contributed by atoms with E-state index in [1.54, 1.807) is 0 Å². The van der Waals surface area contributed by atoms with Crippen molar-refractivity contribution in [1.82, 2.24) is 0 Å². The Kier molecular flexibility index (Phi) is 4.16. The zero-order valence-electron chi connectivity index (χ0n) is 7.04. The summed E-state index contributed by atoms with van der Waals surface area (Å²) in [6, 6.07) is 9.75. The molecule has 74 valence electrons. The van der Waals surface area contributed by atoms with Crippen molar-refractivity contribution in [1.29, 1.82) is 0 Å². The van der Waals surface area contributed by atoms with Gasteiger partial charge < -0.3 is 14.7 Å². The van der Waals surface area contributed by atoms with Gasteiger partial charge in [-0.25, -0.2) is 0 Å². The summed E-state index contributed by atoms with van der Waals surface area (Å²) in [5, 5.41) is 0. The van der Waals surface area contributed by atoms with E-state index in [1.807, 2.05) is 30.3 Å². The molecule has 5 heteroatoms. The average Bonchev–Trinajstić information content (AvgIpc) is 2.04. The maximum atomic E-state index is 8.71. The molecule has 0 unspecified atom stereocenters. The van der Waals surface area contributed by atoms with Crippen LogP contribution in [0.25, 0.3) is 0 Å². The molecule has 0 amide bonds. The lowest BCUT2D eigenvalue weighted by molar-refractivity contribution is 0.363. The second kappa shape index (κ2) is 4.94. The molecule has 0 saturated heterocycles. The SMILES string of the molecule is OP(O)(O)=[SH]CCc1ccccc1. The number of aryl methyl sites for hydroxylation is 1. The zero-order chi connectivity index (χ0) is 9.73. The molecular formula is C8H13O3PS. The highest BCUT2D eigenvalue weighted by molar-refractivity contribution is 8.16. The van der Waals surface area contributed by atoms with E-state index in [0.29, 0.717) is 16.7 Å². The van der Waals surface area contributed by atoms with Crippen molar-refractivity contribution in [3.8, 4) is 0 Å². The van der Waals surface area contributed by atoms with Gasteiger partial charge in [0.15, 0.2) is 0 Å². The first-order valence-electron chi connectivity index (χ1n) is 3.88. The fourth-order valence-electron chi connectivity index (χ4n) is 0.958. The minimum Gasteiger partial charge on any atom is -0.329 e. The van der Waals surface area contributed by atoms with Crippen molar-refractivity contribution in [2.75, 3.05) is 5.75 Å². The van der Waals surface area contributed by atoms with Gasteiger partial charge in [-0.1, -0.05) is 30.3 Å². The van der Waals surface area contributed by atoms with Crippen molar-refractivity contribution in [3.05, 3.63) is 35.9 Å². The van der Waals surface area contributed by atoms with E-state index in [1.165, 1.54) is 0 Å². The highest BCUT2D eigenvalue weighted by Gasteiger charge is 1.99. The van der Waals surface area contributed by atoms with Gasteiger partial charge in [-0.15, -0.1) is 10.9 Å². The number of rotatable bonds is 3. The van der Waals surface area contributed by atoms with Gasteiger partial charge in [-0.2, -0.15) is 0 Å². The number of benzene rings is 1. The van der Waals surface area contributed by atoms with E-state index in [-0.39, 0.29) is 0 Å². The van der Waals surface area contributed by atoms with Gasteiger partial charge in [0, 0.05) is 0 Å². The molecule has 0 radical (unpaired) electrons. The summed E-state index contributed by atoms with van der Waals surface area (Å²) in [6.45, 7) is -3.58. The van der Waals surface area contributed by atoms with Gasteiger partial charge in [0.2, 0.25) is 0 Å². The van der Waals surface area contributed by atoms with Gasteiger partial charge in [-0.05, 0) is 17.7 Å². The molecule has 0 aliphatic carbocycles. The van der Waals surface area contributed by atoms with Gasteiger partial charge >= 0.3 is 0 Å². The van der Waals surface area contributed by atoms with Crippen LogP contribution in [0, 0.1) is 0 Å². The van der Waals surface area contributed by atoms with E-state index in [0.717, 1.165) is 12.0 Å². The van der Waals surface area contributed by atoms with Crippen LogP contribution in [0.5, 0.6) is 0 Å². The molecule has 0 aliphatic rings. The third-order valence-corrected chi connectivity index (χ3v) is 4.07. The van der Waals surface area contributed by atoms with Crippen LogP contribution in [-0.2, 0) is 17.4 Å².